The smallest absolute Gasteiger partial charge is 0.253 e. The third kappa shape index (κ3) is 5.45. The van der Waals surface area contributed by atoms with Gasteiger partial charge in [0.15, 0.2) is 0 Å². The minimum atomic E-state index is -0.306. The van der Waals surface area contributed by atoms with E-state index in [1.165, 1.54) is 12.1 Å². The second-order valence-electron chi connectivity index (χ2n) is 8.59. The lowest BCUT2D eigenvalue weighted by atomic mass is 10.1. The lowest BCUT2D eigenvalue weighted by Gasteiger charge is -2.25. The van der Waals surface area contributed by atoms with Crippen LogP contribution in [-0.4, -0.2) is 28.2 Å². The van der Waals surface area contributed by atoms with E-state index in [2.05, 4.69) is 5.32 Å². The Hall–Kier alpha value is -3.54. The molecular weight excluding hydrogens is 417 g/mol. The van der Waals surface area contributed by atoms with Gasteiger partial charge in [0.05, 0.1) is 29.4 Å². The van der Waals surface area contributed by atoms with Crippen molar-refractivity contribution < 1.29 is 14.0 Å². The summed E-state index contributed by atoms with van der Waals surface area (Å²) >= 11 is 0. The van der Waals surface area contributed by atoms with E-state index in [1.54, 1.807) is 18.2 Å². The van der Waals surface area contributed by atoms with E-state index in [4.69, 9.17) is 4.98 Å². The highest BCUT2D eigenvalue weighted by Gasteiger charge is 2.31. The lowest BCUT2D eigenvalue weighted by Crippen LogP contribution is -2.32. The molecule has 4 rings (SSSR count). The molecule has 0 saturated carbocycles. The Morgan fingerprint density at radius 3 is 2.58 bits per heavy atom. The number of benzene rings is 2. The largest absolute Gasteiger partial charge is 0.348 e. The quantitative estimate of drug-likeness (QED) is 0.600. The van der Waals surface area contributed by atoms with Crippen molar-refractivity contribution in [1.29, 1.82) is 0 Å². The molecule has 2 heterocycles. The summed E-state index contributed by atoms with van der Waals surface area (Å²) in [5, 5.41) is 2.86. The minimum absolute atomic E-state index is 0.0719. The Kier molecular flexibility index (Phi) is 6.82. The molecule has 1 aliphatic rings. The van der Waals surface area contributed by atoms with Gasteiger partial charge in [-0.2, -0.15) is 0 Å². The molecule has 1 N–H and O–H groups in total. The fraction of sp³-hybridized carbons (Fsp3) is 0.296. The summed E-state index contributed by atoms with van der Waals surface area (Å²) in [5.74, 6) is -0.433. The highest BCUT2D eigenvalue weighted by atomic mass is 19.1. The van der Waals surface area contributed by atoms with E-state index in [0.717, 1.165) is 41.8 Å². The average Bonchev–Trinajstić information content (AvgIpc) is 3.29. The van der Waals surface area contributed by atoms with Crippen LogP contribution in [0.2, 0.25) is 0 Å². The minimum Gasteiger partial charge on any atom is -0.348 e. The average molecular weight is 446 g/mol. The van der Waals surface area contributed by atoms with Crippen LogP contribution >= 0.6 is 0 Å². The van der Waals surface area contributed by atoms with Crippen molar-refractivity contribution in [2.45, 2.75) is 45.7 Å². The summed E-state index contributed by atoms with van der Waals surface area (Å²) in [6.07, 6.45) is 2.17. The molecule has 0 aliphatic carbocycles. The van der Waals surface area contributed by atoms with Gasteiger partial charge in [-0.1, -0.05) is 42.0 Å². The Bertz CT molecular complexity index is 1160. The van der Waals surface area contributed by atoms with Crippen LogP contribution < -0.4 is 5.32 Å². The molecule has 6 heteroatoms. The maximum absolute atomic E-state index is 13.1. The van der Waals surface area contributed by atoms with E-state index < -0.39 is 0 Å². The van der Waals surface area contributed by atoms with Crippen LogP contribution in [0.4, 0.5) is 4.39 Å². The normalized spacial score (nSPS) is 15.5. The molecule has 5 nitrogen and oxygen atoms in total. The number of aromatic nitrogens is 1. The van der Waals surface area contributed by atoms with Crippen LogP contribution in [-0.2, 0) is 17.8 Å². The number of nitrogens with one attached hydrogen (secondary N) is 1. The number of aryl methyl sites for hydroxylation is 2. The van der Waals surface area contributed by atoms with Gasteiger partial charge in [-0.25, -0.2) is 4.39 Å². The van der Waals surface area contributed by atoms with E-state index >= 15 is 0 Å². The first kappa shape index (κ1) is 22.6. The van der Waals surface area contributed by atoms with Gasteiger partial charge in [0.1, 0.15) is 5.82 Å². The Balaban J connectivity index is 1.43. The fourth-order valence-corrected chi connectivity index (χ4v) is 4.36. The molecule has 2 aromatic carbocycles. The summed E-state index contributed by atoms with van der Waals surface area (Å²) in [5.41, 5.74) is 4.92. The molecular formula is C27H28FN3O2. The molecule has 33 heavy (non-hydrogen) atoms. The number of pyridine rings is 1. The zero-order valence-corrected chi connectivity index (χ0v) is 19.0. The SMILES string of the molecule is Cc1cccc(CC(=O)N2CCC[C@@H]2c2ccc(C(=O)NCc3ccc(F)cc3)c(C)n2)c1. The van der Waals surface area contributed by atoms with Crippen molar-refractivity contribution in [3.8, 4) is 0 Å². The van der Waals surface area contributed by atoms with Gasteiger partial charge in [0, 0.05) is 13.1 Å². The summed E-state index contributed by atoms with van der Waals surface area (Å²) in [6, 6.07) is 17.6. The number of hydrogen-bond donors (Lipinski definition) is 1. The third-order valence-electron chi connectivity index (χ3n) is 6.07. The van der Waals surface area contributed by atoms with Crippen molar-refractivity contribution in [3.05, 3.63) is 100 Å². The Morgan fingerprint density at radius 1 is 1.06 bits per heavy atom. The fourth-order valence-electron chi connectivity index (χ4n) is 4.36. The van der Waals surface area contributed by atoms with Crippen molar-refractivity contribution in [2.24, 2.45) is 0 Å². The predicted octanol–water partition coefficient (Wildman–Crippen LogP) is 4.67. The van der Waals surface area contributed by atoms with Crippen LogP contribution in [0.1, 0.15) is 57.3 Å². The molecule has 1 aromatic heterocycles. The van der Waals surface area contributed by atoms with Gasteiger partial charge in [-0.3, -0.25) is 14.6 Å². The summed E-state index contributed by atoms with van der Waals surface area (Å²) < 4.78 is 13.1. The van der Waals surface area contributed by atoms with Crippen molar-refractivity contribution in [2.75, 3.05) is 6.54 Å². The van der Waals surface area contributed by atoms with Crippen LogP contribution in [0, 0.1) is 19.7 Å². The van der Waals surface area contributed by atoms with E-state index in [9.17, 15) is 14.0 Å². The number of hydrogen-bond acceptors (Lipinski definition) is 3. The lowest BCUT2D eigenvalue weighted by molar-refractivity contribution is -0.131. The van der Waals surface area contributed by atoms with E-state index in [0.29, 0.717) is 24.2 Å². The maximum atomic E-state index is 13.1. The molecule has 0 bridgehead atoms. The van der Waals surface area contributed by atoms with E-state index in [-0.39, 0.29) is 23.7 Å². The van der Waals surface area contributed by atoms with E-state index in [1.807, 2.05) is 49.1 Å². The van der Waals surface area contributed by atoms with Gasteiger partial charge in [0.25, 0.3) is 5.91 Å². The molecule has 2 amide bonds. The molecule has 0 unspecified atom stereocenters. The molecule has 1 aliphatic heterocycles. The first-order valence-electron chi connectivity index (χ1n) is 11.3. The first-order chi connectivity index (χ1) is 15.9. The number of carbonyl (C=O) groups is 2. The highest BCUT2D eigenvalue weighted by molar-refractivity contribution is 5.95. The summed E-state index contributed by atoms with van der Waals surface area (Å²) in [4.78, 5) is 32.3. The number of amides is 2. The van der Waals surface area contributed by atoms with Crippen LogP contribution in [0.25, 0.3) is 0 Å². The van der Waals surface area contributed by atoms with Crippen LogP contribution in [0.15, 0.2) is 60.7 Å². The Morgan fingerprint density at radius 2 is 1.85 bits per heavy atom. The maximum Gasteiger partial charge on any atom is 0.253 e. The summed E-state index contributed by atoms with van der Waals surface area (Å²) in [7, 11) is 0. The molecule has 1 atom stereocenters. The van der Waals surface area contributed by atoms with Crippen molar-refractivity contribution in [3.63, 3.8) is 0 Å². The third-order valence-corrected chi connectivity index (χ3v) is 6.07. The van der Waals surface area contributed by atoms with Crippen LogP contribution in [0.5, 0.6) is 0 Å². The van der Waals surface area contributed by atoms with Gasteiger partial charge in [0.2, 0.25) is 5.91 Å². The number of nitrogens with zero attached hydrogens (tertiary/aromatic N) is 2. The van der Waals surface area contributed by atoms with Gasteiger partial charge >= 0.3 is 0 Å². The molecule has 1 fully saturated rings. The van der Waals surface area contributed by atoms with Gasteiger partial charge < -0.3 is 10.2 Å². The zero-order chi connectivity index (χ0) is 23.4. The standard InChI is InChI=1S/C27H28FN3O2/c1-18-5-3-6-21(15-18)16-26(32)31-14-4-7-25(31)24-13-12-23(19(2)30-24)27(33)29-17-20-8-10-22(28)11-9-20/h3,5-6,8-13,15,25H,4,7,14,16-17H2,1-2H3,(H,29,33)/t25-/m1/s1. The van der Waals surface area contributed by atoms with Crippen LogP contribution in [0.3, 0.4) is 0 Å². The molecule has 0 spiro atoms. The Labute approximate surface area is 193 Å². The zero-order valence-electron chi connectivity index (χ0n) is 19.0. The highest BCUT2D eigenvalue weighted by Crippen LogP contribution is 2.32. The first-order valence-corrected chi connectivity index (χ1v) is 11.3. The number of rotatable bonds is 6. The molecule has 1 saturated heterocycles. The van der Waals surface area contributed by atoms with Gasteiger partial charge in [-0.15, -0.1) is 0 Å². The molecule has 170 valence electrons. The molecule has 3 aromatic rings. The number of halogens is 1. The monoisotopic (exact) mass is 445 g/mol. The second-order valence-corrected chi connectivity index (χ2v) is 8.59. The van der Waals surface area contributed by atoms with Crippen molar-refractivity contribution in [1.82, 2.24) is 15.2 Å². The van der Waals surface area contributed by atoms with Gasteiger partial charge in [-0.05, 0) is 62.1 Å². The number of carbonyl (C=O) groups excluding carboxylic acids is 2. The molecule has 0 radical (unpaired) electrons. The predicted molar refractivity (Wildman–Crippen MR) is 125 cm³/mol. The topological polar surface area (TPSA) is 62.3 Å². The second kappa shape index (κ2) is 9.94. The number of likely N-dealkylation sites (tertiary alicyclic amines) is 1. The summed E-state index contributed by atoms with van der Waals surface area (Å²) in [6.45, 7) is 4.86. The van der Waals surface area contributed by atoms with Crippen molar-refractivity contribution >= 4 is 11.8 Å².